The molecule has 0 radical (unpaired) electrons. The van der Waals surface area contributed by atoms with Crippen LogP contribution in [0.5, 0.6) is 11.5 Å². The van der Waals surface area contributed by atoms with Crippen molar-refractivity contribution in [1.29, 1.82) is 0 Å². The molecule has 64 heavy (non-hydrogen) atoms. The lowest BCUT2D eigenvalue weighted by atomic mass is 9.69. The second-order valence-electron chi connectivity index (χ2n) is 17.7. The van der Waals surface area contributed by atoms with Crippen molar-refractivity contribution < 1.29 is 23.9 Å². The third-order valence-electron chi connectivity index (χ3n) is 13.6. The fourth-order valence-electron chi connectivity index (χ4n) is 10.4. The van der Waals surface area contributed by atoms with Crippen molar-refractivity contribution in [1.82, 2.24) is 15.1 Å². The number of piperazine rings is 1. The molecule has 0 bridgehead atoms. The molecule has 9 heteroatoms. The van der Waals surface area contributed by atoms with Gasteiger partial charge in [0, 0.05) is 55.3 Å². The van der Waals surface area contributed by atoms with Crippen molar-refractivity contribution in [2.24, 2.45) is 0 Å². The number of hydrogen-bond donors (Lipinski definition) is 1. The van der Waals surface area contributed by atoms with Crippen molar-refractivity contribution in [3.63, 3.8) is 0 Å². The molecule has 1 N–H and O–H groups in total. The average Bonchev–Trinajstić information content (AvgIpc) is 3.65. The Kier molecular flexibility index (Phi) is 14.5. The second kappa shape index (κ2) is 20.7. The Morgan fingerprint density at radius 3 is 2.12 bits per heavy atom. The summed E-state index contributed by atoms with van der Waals surface area (Å²) in [7, 11) is 0. The summed E-state index contributed by atoms with van der Waals surface area (Å²) >= 11 is 0. The number of benzene rings is 5. The number of ether oxygens (including phenoxy) is 2. The maximum absolute atomic E-state index is 13.2. The summed E-state index contributed by atoms with van der Waals surface area (Å²) in [6, 6.07) is 43.1. The van der Waals surface area contributed by atoms with E-state index >= 15 is 0 Å². The number of carbonyl (C=O) groups is 3. The number of rotatable bonds is 14. The van der Waals surface area contributed by atoms with Gasteiger partial charge in [0.2, 0.25) is 11.8 Å². The number of imide groups is 1. The number of carbonyl (C=O) groups excluding carboxylic acids is 3. The highest BCUT2D eigenvalue weighted by Gasteiger charge is 2.40. The highest BCUT2D eigenvalue weighted by Crippen LogP contribution is 2.47. The lowest BCUT2D eigenvalue weighted by Crippen LogP contribution is -2.57. The Labute approximate surface area is 379 Å². The molecule has 4 aliphatic rings. The maximum atomic E-state index is 13.2. The molecule has 9 rings (SSSR count). The summed E-state index contributed by atoms with van der Waals surface area (Å²) in [5.74, 6) is 1.72. The third-order valence-corrected chi connectivity index (χ3v) is 13.6. The number of anilines is 1. The predicted octanol–water partition coefficient (Wildman–Crippen LogP) is 10.1. The van der Waals surface area contributed by atoms with E-state index in [4.69, 9.17) is 9.47 Å². The Morgan fingerprint density at radius 1 is 0.672 bits per heavy atom. The molecular formula is C55H64N4O5. The van der Waals surface area contributed by atoms with Gasteiger partial charge in [-0.2, -0.15) is 0 Å². The molecule has 5 aromatic rings. The van der Waals surface area contributed by atoms with Crippen molar-refractivity contribution in [3.05, 3.63) is 160 Å². The molecule has 5 aromatic carbocycles. The standard InChI is InChI=1S/C53H58N4O5.C2H6/c1-36-32-55(43-19-24-48-42(30-43)34-57(53(48)60)49-26-27-50(58)54-52(49)59)33-37(2)56(36)28-10-5-11-29-61-44-20-16-40(17-21-44)51-46(39-14-8-4-9-15-39)23-18-41-31-45(22-25-47(41)51)62-35-38-12-6-3-7-13-38;1-2/h3-4,6-9,12-17,19-22,24-25,30-31,36-37,46,49,51H,5,10-11,18,23,26-29,32-35H2,1-2H3,(H,54,58,59);1-2H3/t36?,37?,46?,49?,51-;/m0./s1. The first-order valence-electron chi connectivity index (χ1n) is 23.6. The lowest BCUT2D eigenvalue weighted by molar-refractivity contribution is -0.136. The van der Waals surface area contributed by atoms with Gasteiger partial charge in [0.1, 0.15) is 24.1 Å². The maximum Gasteiger partial charge on any atom is 0.255 e. The van der Waals surface area contributed by atoms with Crippen LogP contribution in [0.15, 0.2) is 121 Å². The van der Waals surface area contributed by atoms with E-state index < -0.39 is 6.04 Å². The van der Waals surface area contributed by atoms with Gasteiger partial charge >= 0.3 is 0 Å². The van der Waals surface area contributed by atoms with E-state index in [-0.39, 0.29) is 30.1 Å². The number of unbranched alkanes of at least 4 members (excludes halogenated alkanes) is 2. The normalized spacial score (nSPS) is 21.9. The fourth-order valence-corrected chi connectivity index (χ4v) is 10.4. The van der Waals surface area contributed by atoms with Gasteiger partial charge in [-0.1, -0.05) is 92.7 Å². The SMILES string of the molecule is CC.CC1CN(c2ccc3c(c2)CN(C2CCC(=O)NC2=O)C3=O)CC(C)N1CCCCCOc1ccc([C@@H]2c3ccc(OCc4ccccc4)cc3CCC2c2ccccc2)cc1. The Hall–Kier alpha value is -5.93. The van der Waals surface area contributed by atoms with E-state index in [0.29, 0.717) is 49.7 Å². The van der Waals surface area contributed by atoms with Gasteiger partial charge in [-0.05, 0) is 141 Å². The van der Waals surface area contributed by atoms with Gasteiger partial charge in [-0.25, -0.2) is 0 Å². The van der Waals surface area contributed by atoms with E-state index in [1.165, 1.54) is 27.8 Å². The summed E-state index contributed by atoms with van der Waals surface area (Å²) < 4.78 is 12.5. The predicted molar refractivity (Wildman–Crippen MR) is 254 cm³/mol. The summed E-state index contributed by atoms with van der Waals surface area (Å²) in [4.78, 5) is 44.1. The highest BCUT2D eigenvalue weighted by molar-refractivity contribution is 6.05. The molecule has 3 aliphatic heterocycles. The van der Waals surface area contributed by atoms with E-state index in [2.05, 4.69) is 132 Å². The van der Waals surface area contributed by atoms with Crippen LogP contribution in [0.3, 0.4) is 0 Å². The van der Waals surface area contributed by atoms with Gasteiger partial charge in [-0.15, -0.1) is 0 Å². The first kappa shape index (κ1) is 44.7. The minimum Gasteiger partial charge on any atom is -0.494 e. The van der Waals surface area contributed by atoms with E-state index in [1.807, 2.05) is 32.0 Å². The third kappa shape index (κ3) is 10.1. The number of hydrogen-bond acceptors (Lipinski definition) is 7. The van der Waals surface area contributed by atoms with Crippen LogP contribution in [0, 0.1) is 0 Å². The van der Waals surface area contributed by atoms with Gasteiger partial charge in [0.25, 0.3) is 5.91 Å². The van der Waals surface area contributed by atoms with Crippen LogP contribution in [0.2, 0.25) is 0 Å². The molecule has 2 saturated heterocycles. The smallest absolute Gasteiger partial charge is 0.255 e. The largest absolute Gasteiger partial charge is 0.494 e. The van der Waals surface area contributed by atoms with Crippen molar-refractivity contribution >= 4 is 23.4 Å². The number of piperidine rings is 1. The van der Waals surface area contributed by atoms with Crippen molar-refractivity contribution in [2.45, 2.75) is 116 Å². The Morgan fingerprint density at radius 2 is 1.39 bits per heavy atom. The molecule has 5 atom stereocenters. The molecule has 2 fully saturated rings. The summed E-state index contributed by atoms with van der Waals surface area (Å²) in [5, 5.41) is 2.39. The van der Waals surface area contributed by atoms with Crippen LogP contribution in [0.4, 0.5) is 5.69 Å². The second-order valence-corrected chi connectivity index (χ2v) is 17.7. The Bertz CT molecular complexity index is 2360. The summed E-state index contributed by atoms with van der Waals surface area (Å²) in [6.45, 7) is 13.2. The topological polar surface area (TPSA) is 91.4 Å². The van der Waals surface area contributed by atoms with E-state index in [9.17, 15) is 14.4 Å². The molecule has 1 aliphatic carbocycles. The minimum atomic E-state index is -0.598. The van der Waals surface area contributed by atoms with E-state index in [0.717, 1.165) is 74.5 Å². The van der Waals surface area contributed by atoms with Crippen LogP contribution in [0.1, 0.15) is 122 Å². The first-order valence-corrected chi connectivity index (χ1v) is 23.6. The van der Waals surface area contributed by atoms with Gasteiger partial charge < -0.3 is 19.3 Å². The number of aryl methyl sites for hydroxylation is 1. The number of nitrogens with one attached hydrogen (secondary N) is 1. The van der Waals surface area contributed by atoms with Crippen molar-refractivity contribution in [2.75, 3.05) is 31.1 Å². The lowest BCUT2D eigenvalue weighted by Gasteiger charge is -2.45. The number of nitrogens with zero attached hydrogens (tertiary/aromatic N) is 3. The monoisotopic (exact) mass is 860 g/mol. The molecule has 334 valence electrons. The molecule has 0 aromatic heterocycles. The van der Waals surface area contributed by atoms with Gasteiger partial charge in [-0.3, -0.25) is 24.6 Å². The zero-order valence-corrected chi connectivity index (χ0v) is 38.0. The van der Waals surface area contributed by atoms with Gasteiger partial charge in [0.15, 0.2) is 0 Å². The van der Waals surface area contributed by atoms with Crippen LogP contribution in [-0.4, -0.2) is 71.9 Å². The first-order chi connectivity index (χ1) is 31.3. The molecule has 0 saturated carbocycles. The van der Waals surface area contributed by atoms with Crippen LogP contribution < -0.4 is 19.7 Å². The van der Waals surface area contributed by atoms with Crippen LogP contribution in [-0.2, 0) is 29.2 Å². The average molecular weight is 861 g/mol. The Balaban J connectivity index is 0.00000276. The number of fused-ring (bicyclic) bond motifs is 2. The van der Waals surface area contributed by atoms with Crippen LogP contribution >= 0.6 is 0 Å². The molecule has 9 nitrogen and oxygen atoms in total. The molecular weight excluding hydrogens is 797 g/mol. The molecule has 4 unspecified atom stereocenters. The zero-order chi connectivity index (χ0) is 44.6. The molecule has 0 spiro atoms. The van der Waals surface area contributed by atoms with Crippen LogP contribution in [0.25, 0.3) is 0 Å². The minimum absolute atomic E-state index is 0.130. The molecule has 3 amide bonds. The zero-order valence-electron chi connectivity index (χ0n) is 38.0. The van der Waals surface area contributed by atoms with E-state index in [1.54, 1.807) is 4.90 Å². The highest BCUT2D eigenvalue weighted by atomic mass is 16.5. The fraction of sp³-hybridized carbons (Fsp3) is 0.400. The van der Waals surface area contributed by atoms with Gasteiger partial charge in [0.05, 0.1) is 6.61 Å². The molecule has 3 heterocycles. The summed E-state index contributed by atoms with van der Waals surface area (Å²) in [6.07, 6.45) is 5.97. The summed E-state index contributed by atoms with van der Waals surface area (Å²) in [5.41, 5.74) is 9.35. The van der Waals surface area contributed by atoms with Crippen molar-refractivity contribution in [3.8, 4) is 11.5 Å². The number of amides is 3. The quantitative estimate of drug-likeness (QED) is 0.0879.